The minimum atomic E-state index is 0.407. The molecule has 108 valence electrons. The molecule has 0 saturated carbocycles. The minimum absolute atomic E-state index is 0.407. The number of fused-ring (bicyclic) bond motifs is 1. The topological polar surface area (TPSA) is 24.9 Å². The molecule has 1 unspecified atom stereocenters. The van der Waals surface area contributed by atoms with Gasteiger partial charge in [0.15, 0.2) is 0 Å². The van der Waals surface area contributed by atoms with Gasteiger partial charge in [-0.05, 0) is 49.4 Å². The molecule has 2 aromatic rings. The summed E-state index contributed by atoms with van der Waals surface area (Å²) >= 11 is 2.02. The first-order valence-electron chi connectivity index (χ1n) is 7.22. The van der Waals surface area contributed by atoms with E-state index in [-0.39, 0.29) is 0 Å². The lowest BCUT2D eigenvalue weighted by molar-refractivity contribution is 0.660. The smallest absolute Gasteiger partial charge is 0.0705 e. The maximum absolute atomic E-state index is 4.56. The van der Waals surface area contributed by atoms with E-state index in [1.165, 1.54) is 16.7 Å². The highest BCUT2D eigenvalue weighted by Gasteiger charge is 2.10. The van der Waals surface area contributed by atoms with Crippen molar-refractivity contribution in [1.82, 2.24) is 10.3 Å². The molecule has 1 N–H and O–H groups in total. The third-order valence-electron chi connectivity index (χ3n) is 3.34. The second-order valence-corrected chi connectivity index (χ2v) is 6.75. The van der Waals surface area contributed by atoms with Crippen LogP contribution in [0.15, 0.2) is 30.3 Å². The van der Waals surface area contributed by atoms with Crippen molar-refractivity contribution in [3.05, 3.63) is 41.6 Å². The Morgan fingerprint density at radius 1 is 1.15 bits per heavy atom. The monoisotopic (exact) mass is 288 g/mol. The Kier molecular flexibility index (Phi) is 5.44. The summed E-state index contributed by atoms with van der Waals surface area (Å²) < 4.78 is 0. The number of nitrogens with one attached hydrogen (secondary N) is 1. The maximum Gasteiger partial charge on any atom is 0.0705 e. The van der Waals surface area contributed by atoms with Gasteiger partial charge in [-0.25, -0.2) is 0 Å². The van der Waals surface area contributed by atoms with Gasteiger partial charge in [-0.1, -0.05) is 26.0 Å². The SMILES string of the molecule is CNC(CSCC(C)C)c1ccc2nc(C)ccc2c1. The molecule has 0 aliphatic rings. The van der Waals surface area contributed by atoms with Gasteiger partial charge < -0.3 is 5.32 Å². The number of rotatable bonds is 6. The summed E-state index contributed by atoms with van der Waals surface area (Å²) in [4.78, 5) is 4.56. The van der Waals surface area contributed by atoms with Crippen LogP contribution in [-0.4, -0.2) is 23.5 Å². The summed E-state index contributed by atoms with van der Waals surface area (Å²) in [5.41, 5.74) is 3.50. The van der Waals surface area contributed by atoms with Gasteiger partial charge in [0.25, 0.3) is 0 Å². The lowest BCUT2D eigenvalue weighted by Gasteiger charge is -2.17. The summed E-state index contributed by atoms with van der Waals surface area (Å²) in [6, 6.07) is 11.2. The first-order chi connectivity index (χ1) is 9.60. The molecular weight excluding hydrogens is 264 g/mol. The van der Waals surface area contributed by atoms with Crippen LogP contribution >= 0.6 is 11.8 Å². The van der Waals surface area contributed by atoms with Gasteiger partial charge in [0, 0.05) is 22.9 Å². The average Bonchev–Trinajstić information content (AvgIpc) is 2.43. The lowest BCUT2D eigenvalue weighted by atomic mass is 10.1. The Balaban J connectivity index is 2.15. The normalized spacial score (nSPS) is 13.1. The second-order valence-electron chi connectivity index (χ2n) is 5.68. The fourth-order valence-electron chi connectivity index (χ4n) is 2.23. The summed E-state index contributed by atoms with van der Waals surface area (Å²) in [6.45, 7) is 6.57. The zero-order chi connectivity index (χ0) is 14.5. The van der Waals surface area contributed by atoms with Crippen molar-refractivity contribution in [3.8, 4) is 0 Å². The van der Waals surface area contributed by atoms with Gasteiger partial charge in [-0.3, -0.25) is 4.98 Å². The van der Waals surface area contributed by atoms with E-state index < -0.39 is 0 Å². The van der Waals surface area contributed by atoms with Crippen molar-refractivity contribution in [2.24, 2.45) is 5.92 Å². The van der Waals surface area contributed by atoms with Gasteiger partial charge in [0.2, 0.25) is 0 Å². The first-order valence-corrected chi connectivity index (χ1v) is 8.38. The van der Waals surface area contributed by atoms with Crippen LogP contribution in [0, 0.1) is 12.8 Å². The highest BCUT2D eigenvalue weighted by Crippen LogP contribution is 2.23. The molecule has 1 aromatic carbocycles. The standard InChI is InChI=1S/C17H24N2S/c1-12(2)10-20-11-17(18-4)15-7-8-16-14(9-15)6-5-13(3)19-16/h5-9,12,17-18H,10-11H2,1-4H3. The van der Waals surface area contributed by atoms with Crippen LogP contribution in [0.1, 0.15) is 31.1 Å². The Labute approximate surface area is 126 Å². The molecule has 2 nitrogen and oxygen atoms in total. The largest absolute Gasteiger partial charge is 0.312 e. The van der Waals surface area contributed by atoms with Crippen molar-refractivity contribution in [1.29, 1.82) is 0 Å². The molecule has 0 aliphatic carbocycles. The van der Waals surface area contributed by atoms with Crippen LogP contribution in [0.4, 0.5) is 0 Å². The van der Waals surface area contributed by atoms with Gasteiger partial charge in [0.1, 0.15) is 0 Å². The van der Waals surface area contributed by atoms with E-state index >= 15 is 0 Å². The zero-order valence-electron chi connectivity index (χ0n) is 12.8. The molecule has 0 fully saturated rings. The predicted octanol–water partition coefficient (Wildman–Crippen LogP) is 4.19. The number of benzene rings is 1. The molecule has 0 radical (unpaired) electrons. The van der Waals surface area contributed by atoms with Crippen LogP contribution in [0.3, 0.4) is 0 Å². The molecule has 2 rings (SSSR count). The van der Waals surface area contributed by atoms with Crippen LogP contribution in [-0.2, 0) is 0 Å². The Bertz CT molecular complexity index is 566. The summed E-state index contributed by atoms with van der Waals surface area (Å²) in [7, 11) is 2.04. The fraction of sp³-hybridized carbons (Fsp3) is 0.471. The molecule has 1 atom stereocenters. The van der Waals surface area contributed by atoms with Crippen molar-refractivity contribution in [2.75, 3.05) is 18.6 Å². The van der Waals surface area contributed by atoms with Crippen molar-refractivity contribution >= 4 is 22.7 Å². The highest BCUT2D eigenvalue weighted by molar-refractivity contribution is 7.99. The Morgan fingerprint density at radius 3 is 2.65 bits per heavy atom. The molecule has 3 heteroatoms. The highest BCUT2D eigenvalue weighted by atomic mass is 32.2. The van der Waals surface area contributed by atoms with E-state index in [9.17, 15) is 0 Å². The Hall–Kier alpha value is -1.06. The molecule has 0 bridgehead atoms. The van der Waals surface area contributed by atoms with Gasteiger partial charge in [-0.15, -0.1) is 0 Å². The fourth-order valence-corrected chi connectivity index (χ4v) is 3.43. The van der Waals surface area contributed by atoms with Gasteiger partial charge >= 0.3 is 0 Å². The van der Waals surface area contributed by atoms with Crippen molar-refractivity contribution in [2.45, 2.75) is 26.8 Å². The van der Waals surface area contributed by atoms with Crippen molar-refractivity contribution in [3.63, 3.8) is 0 Å². The number of hydrogen-bond donors (Lipinski definition) is 1. The van der Waals surface area contributed by atoms with E-state index in [4.69, 9.17) is 0 Å². The van der Waals surface area contributed by atoms with E-state index in [0.717, 1.165) is 22.9 Å². The predicted molar refractivity (Wildman–Crippen MR) is 90.4 cm³/mol. The molecule has 0 saturated heterocycles. The number of aryl methyl sites for hydroxylation is 1. The molecular formula is C17H24N2S. The molecule has 1 heterocycles. The number of nitrogens with zero attached hydrogens (tertiary/aromatic N) is 1. The first kappa shape index (κ1) is 15.3. The third kappa shape index (κ3) is 3.97. The van der Waals surface area contributed by atoms with E-state index in [1.807, 2.05) is 25.7 Å². The number of hydrogen-bond acceptors (Lipinski definition) is 3. The number of pyridine rings is 1. The summed E-state index contributed by atoms with van der Waals surface area (Å²) in [5, 5.41) is 4.65. The average molecular weight is 288 g/mol. The number of aromatic nitrogens is 1. The quantitative estimate of drug-likeness (QED) is 0.862. The molecule has 0 amide bonds. The maximum atomic E-state index is 4.56. The van der Waals surface area contributed by atoms with Crippen LogP contribution in [0.5, 0.6) is 0 Å². The lowest BCUT2D eigenvalue weighted by Crippen LogP contribution is -2.19. The zero-order valence-corrected chi connectivity index (χ0v) is 13.6. The van der Waals surface area contributed by atoms with Crippen LogP contribution in [0.2, 0.25) is 0 Å². The summed E-state index contributed by atoms with van der Waals surface area (Å²) in [5.74, 6) is 3.08. The summed E-state index contributed by atoms with van der Waals surface area (Å²) in [6.07, 6.45) is 0. The molecule has 20 heavy (non-hydrogen) atoms. The van der Waals surface area contributed by atoms with Gasteiger partial charge in [-0.2, -0.15) is 11.8 Å². The third-order valence-corrected chi connectivity index (χ3v) is 4.81. The van der Waals surface area contributed by atoms with Gasteiger partial charge in [0.05, 0.1) is 5.52 Å². The number of thioether (sulfide) groups is 1. The van der Waals surface area contributed by atoms with Crippen molar-refractivity contribution < 1.29 is 0 Å². The second kappa shape index (κ2) is 7.09. The van der Waals surface area contributed by atoms with E-state index in [2.05, 4.69) is 54.5 Å². The molecule has 0 spiro atoms. The van der Waals surface area contributed by atoms with Crippen LogP contribution < -0.4 is 5.32 Å². The van der Waals surface area contributed by atoms with E-state index in [1.54, 1.807) is 0 Å². The molecule has 0 aliphatic heterocycles. The van der Waals surface area contributed by atoms with E-state index in [0.29, 0.717) is 6.04 Å². The van der Waals surface area contributed by atoms with Crippen LogP contribution in [0.25, 0.3) is 10.9 Å². The molecule has 1 aromatic heterocycles. The minimum Gasteiger partial charge on any atom is -0.312 e. The Morgan fingerprint density at radius 2 is 1.95 bits per heavy atom.